The smallest absolute Gasteiger partial charge is 0.319 e. The molecule has 0 bridgehead atoms. The minimum atomic E-state index is -0.589. The summed E-state index contributed by atoms with van der Waals surface area (Å²) in [6, 6.07) is 12.0. The summed E-state index contributed by atoms with van der Waals surface area (Å²) in [7, 11) is 0. The number of nitrogens with zero attached hydrogens (tertiary/aromatic N) is 4. The lowest BCUT2D eigenvalue weighted by atomic mass is 10.1. The molecule has 1 aliphatic carbocycles. The number of thiophene rings is 1. The molecule has 12 heteroatoms. The zero-order chi connectivity index (χ0) is 29.2. The molecule has 4 aromatic rings. The number of hydrogen-bond acceptors (Lipinski definition) is 8. The summed E-state index contributed by atoms with van der Waals surface area (Å²) in [4.78, 5) is 37.9. The van der Waals surface area contributed by atoms with Gasteiger partial charge in [0.25, 0.3) is 0 Å². The number of aromatic nitrogens is 2. The van der Waals surface area contributed by atoms with Gasteiger partial charge in [-0.2, -0.15) is 0 Å². The van der Waals surface area contributed by atoms with E-state index in [1.807, 2.05) is 24.4 Å². The second-order valence-electron chi connectivity index (χ2n) is 10.6. The standard InChI is InChI=1S/C30H31FN6O4S/c1-18-15-37(28(39)17-38)11-10-36(18)16-19-2-6-23(33-14-19)27-13-24-29(42-27)26(8-9-32-24)41-25-7-5-21(12-22(25)31)35-30(40)34-20-3-4-20/h2,5-9,12-14,18,20,38H,3-4,10-11,15-17H2,1H3,(H2,34,35,40). The second-order valence-corrected chi connectivity index (χ2v) is 11.7. The van der Waals surface area contributed by atoms with Crippen LogP contribution in [0.2, 0.25) is 0 Å². The van der Waals surface area contributed by atoms with Crippen LogP contribution in [0.3, 0.4) is 0 Å². The van der Waals surface area contributed by atoms with Crippen molar-refractivity contribution in [1.29, 1.82) is 0 Å². The summed E-state index contributed by atoms with van der Waals surface area (Å²) in [6.45, 7) is 4.25. The van der Waals surface area contributed by atoms with Gasteiger partial charge in [0.2, 0.25) is 5.91 Å². The van der Waals surface area contributed by atoms with E-state index in [2.05, 4.69) is 27.4 Å². The van der Waals surface area contributed by atoms with E-state index in [0.717, 1.165) is 45.7 Å². The number of ether oxygens (including phenoxy) is 1. The Labute approximate surface area is 246 Å². The number of aliphatic hydroxyl groups excluding tert-OH is 1. The summed E-state index contributed by atoms with van der Waals surface area (Å²) in [5.41, 5.74) is 2.93. The van der Waals surface area contributed by atoms with Crippen LogP contribution in [0.1, 0.15) is 25.3 Å². The number of piperazine rings is 1. The number of carbonyl (C=O) groups is 2. The molecule has 3 amide bonds. The fourth-order valence-electron chi connectivity index (χ4n) is 4.94. The molecule has 3 aromatic heterocycles. The first-order valence-electron chi connectivity index (χ1n) is 13.9. The topological polar surface area (TPSA) is 120 Å². The number of hydrogen-bond donors (Lipinski definition) is 3. The highest BCUT2D eigenvalue weighted by Gasteiger charge is 2.26. The Morgan fingerprint density at radius 3 is 2.69 bits per heavy atom. The number of anilines is 1. The fraction of sp³-hybridized carbons (Fsp3) is 0.333. The summed E-state index contributed by atoms with van der Waals surface area (Å²) in [6.07, 6.45) is 5.42. The van der Waals surface area contributed by atoms with E-state index in [9.17, 15) is 14.0 Å². The lowest BCUT2D eigenvalue weighted by Gasteiger charge is -2.39. The van der Waals surface area contributed by atoms with Gasteiger partial charge in [-0.05, 0) is 49.6 Å². The second kappa shape index (κ2) is 12.0. The van der Waals surface area contributed by atoms with Crippen molar-refractivity contribution < 1.29 is 23.8 Å². The number of rotatable bonds is 8. The third kappa shape index (κ3) is 6.35. The predicted molar refractivity (Wildman–Crippen MR) is 158 cm³/mol. The van der Waals surface area contributed by atoms with Gasteiger partial charge >= 0.3 is 6.03 Å². The SMILES string of the molecule is CC1CN(C(=O)CO)CCN1Cc1ccc(-c2cc3nccc(Oc4ccc(NC(=O)NC5CC5)cc4F)c3s2)nc1. The summed E-state index contributed by atoms with van der Waals surface area (Å²) in [5.74, 6) is -0.298. The van der Waals surface area contributed by atoms with Crippen LogP contribution >= 0.6 is 11.3 Å². The average molecular weight is 591 g/mol. The Balaban J connectivity index is 1.12. The molecule has 218 valence electrons. The lowest BCUT2D eigenvalue weighted by Crippen LogP contribution is -2.53. The average Bonchev–Trinajstić information content (AvgIpc) is 3.69. The number of carbonyl (C=O) groups excluding carboxylic acids is 2. The molecule has 4 heterocycles. The van der Waals surface area contributed by atoms with Crippen LogP contribution < -0.4 is 15.4 Å². The van der Waals surface area contributed by atoms with E-state index in [-0.39, 0.29) is 29.8 Å². The van der Waals surface area contributed by atoms with E-state index < -0.39 is 12.4 Å². The van der Waals surface area contributed by atoms with E-state index in [4.69, 9.17) is 14.8 Å². The van der Waals surface area contributed by atoms with Crippen LogP contribution in [-0.4, -0.2) is 75.1 Å². The fourth-order valence-corrected chi connectivity index (χ4v) is 5.98. The molecule has 1 aromatic carbocycles. The lowest BCUT2D eigenvalue weighted by molar-refractivity contribution is -0.137. The number of aliphatic hydroxyl groups is 1. The Bertz CT molecular complexity index is 1610. The minimum Gasteiger partial charge on any atom is -0.453 e. The van der Waals surface area contributed by atoms with E-state index in [1.165, 1.54) is 23.5 Å². The molecule has 1 atom stereocenters. The van der Waals surface area contributed by atoms with Gasteiger partial charge in [-0.15, -0.1) is 11.3 Å². The number of pyridine rings is 2. The van der Waals surface area contributed by atoms with Crippen LogP contribution in [0.5, 0.6) is 11.5 Å². The number of halogens is 1. The Morgan fingerprint density at radius 2 is 1.98 bits per heavy atom. The Kier molecular flexibility index (Phi) is 8.00. The highest BCUT2D eigenvalue weighted by Crippen LogP contribution is 2.39. The van der Waals surface area contributed by atoms with Crippen LogP contribution in [-0.2, 0) is 11.3 Å². The normalized spacial score (nSPS) is 17.3. The summed E-state index contributed by atoms with van der Waals surface area (Å²) in [5, 5.41) is 14.6. The zero-order valence-electron chi connectivity index (χ0n) is 23.0. The predicted octanol–water partition coefficient (Wildman–Crippen LogP) is 4.60. The Hall–Kier alpha value is -4.13. The minimum absolute atomic E-state index is 0.0452. The summed E-state index contributed by atoms with van der Waals surface area (Å²) < 4.78 is 21.6. The van der Waals surface area contributed by atoms with Crippen LogP contribution in [0, 0.1) is 5.82 Å². The first kappa shape index (κ1) is 28.0. The van der Waals surface area contributed by atoms with Crippen molar-refractivity contribution in [3.8, 4) is 22.1 Å². The van der Waals surface area contributed by atoms with Crippen molar-refractivity contribution in [2.75, 3.05) is 31.6 Å². The summed E-state index contributed by atoms with van der Waals surface area (Å²) >= 11 is 1.47. The van der Waals surface area contributed by atoms with Gasteiger partial charge in [-0.25, -0.2) is 9.18 Å². The first-order valence-corrected chi connectivity index (χ1v) is 14.7. The largest absolute Gasteiger partial charge is 0.453 e. The van der Waals surface area contributed by atoms with Crippen LogP contribution in [0.25, 0.3) is 20.8 Å². The number of amides is 3. The molecule has 0 radical (unpaired) electrons. The molecule has 2 fully saturated rings. The molecular formula is C30H31FN6O4S. The molecule has 1 unspecified atom stereocenters. The van der Waals surface area contributed by atoms with Gasteiger partial charge in [0.1, 0.15) is 12.4 Å². The maximum atomic E-state index is 14.9. The van der Waals surface area contributed by atoms with Crippen molar-refractivity contribution in [1.82, 2.24) is 25.1 Å². The van der Waals surface area contributed by atoms with Crippen LogP contribution in [0.4, 0.5) is 14.9 Å². The quantitative estimate of drug-likeness (QED) is 0.274. The van der Waals surface area contributed by atoms with Crippen molar-refractivity contribution in [3.05, 3.63) is 66.2 Å². The van der Waals surface area contributed by atoms with E-state index >= 15 is 0 Å². The first-order chi connectivity index (χ1) is 20.4. The molecule has 1 saturated heterocycles. The molecular weight excluding hydrogens is 559 g/mol. The van der Waals surface area contributed by atoms with Gasteiger partial charge < -0.3 is 25.4 Å². The molecule has 3 N–H and O–H groups in total. The third-order valence-corrected chi connectivity index (χ3v) is 8.58. The van der Waals surface area contributed by atoms with Gasteiger partial charge in [-0.1, -0.05) is 6.07 Å². The van der Waals surface area contributed by atoms with Gasteiger partial charge in [0.05, 0.1) is 20.8 Å². The monoisotopic (exact) mass is 590 g/mol. The van der Waals surface area contributed by atoms with E-state index in [1.54, 1.807) is 23.2 Å². The maximum Gasteiger partial charge on any atom is 0.319 e. The Morgan fingerprint density at radius 1 is 1.12 bits per heavy atom. The molecule has 10 nitrogen and oxygen atoms in total. The highest BCUT2D eigenvalue weighted by molar-refractivity contribution is 7.22. The molecule has 1 aliphatic heterocycles. The maximum absolute atomic E-state index is 14.9. The number of fused-ring (bicyclic) bond motifs is 1. The van der Waals surface area contributed by atoms with Crippen molar-refractivity contribution in [2.24, 2.45) is 0 Å². The molecule has 2 aliphatic rings. The zero-order valence-corrected chi connectivity index (χ0v) is 23.9. The highest BCUT2D eigenvalue weighted by atomic mass is 32.1. The van der Waals surface area contributed by atoms with Gasteiger partial charge in [0, 0.05) is 68.5 Å². The number of benzene rings is 1. The molecule has 0 spiro atoms. The van der Waals surface area contributed by atoms with Crippen molar-refractivity contribution in [2.45, 2.75) is 38.4 Å². The van der Waals surface area contributed by atoms with Crippen molar-refractivity contribution in [3.63, 3.8) is 0 Å². The molecule has 42 heavy (non-hydrogen) atoms. The van der Waals surface area contributed by atoms with Gasteiger partial charge in [-0.3, -0.25) is 19.7 Å². The molecule has 6 rings (SSSR count). The third-order valence-electron chi connectivity index (χ3n) is 7.41. The van der Waals surface area contributed by atoms with Crippen LogP contribution in [0.15, 0.2) is 54.9 Å². The number of urea groups is 1. The van der Waals surface area contributed by atoms with Crippen molar-refractivity contribution >= 4 is 39.2 Å². The molecule has 1 saturated carbocycles. The number of nitrogens with one attached hydrogen (secondary N) is 2. The van der Waals surface area contributed by atoms with E-state index in [0.29, 0.717) is 31.1 Å². The van der Waals surface area contributed by atoms with Gasteiger partial charge in [0.15, 0.2) is 11.6 Å².